The molecule has 1 aliphatic heterocycles. The summed E-state index contributed by atoms with van der Waals surface area (Å²) in [5, 5.41) is 3.72. The van der Waals surface area contributed by atoms with Crippen molar-refractivity contribution in [1.82, 2.24) is 10.2 Å². The minimum Gasteiger partial charge on any atom is -0.494 e. The predicted octanol–water partition coefficient (Wildman–Crippen LogP) is 2.71. The molecule has 5 heteroatoms. The number of nitrogens with one attached hydrogen (secondary N) is 1. The molecule has 1 fully saturated rings. The first-order valence-corrected chi connectivity index (χ1v) is 7.89. The first-order chi connectivity index (χ1) is 10.1. The fourth-order valence-corrected chi connectivity index (χ4v) is 2.72. The summed E-state index contributed by atoms with van der Waals surface area (Å²) in [6.07, 6.45) is 3.09. The number of amides is 1. The largest absolute Gasteiger partial charge is 0.494 e. The number of benzene rings is 1. The summed E-state index contributed by atoms with van der Waals surface area (Å²) < 4.78 is 5.68. The van der Waals surface area contributed by atoms with Crippen molar-refractivity contribution in [3.05, 3.63) is 29.3 Å². The van der Waals surface area contributed by atoms with Gasteiger partial charge < -0.3 is 15.0 Å². The molecular weight excluding hydrogens is 288 g/mol. The Morgan fingerprint density at radius 1 is 1.33 bits per heavy atom. The Morgan fingerprint density at radius 2 is 2.00 bits per heavy atom. The lowest BCUT2D eigenvalue weighted by Gasteiger charge is -2.32. The zero-order chi connectivity index (χ0) is 15.1. The van der Waals surface area contributed by atoms with Crippen LogP contribution >= 0.6 is 11.6 Å². The molecule has 1 aromatic carbocycles. The Morgan fingerprint density at radius 3 is 2.62 bits per heavy atom. The van der Waals surface area contributed by atoms with Crippen molar-refractivity contribution in [1.29, 1.82) is 0 Å². The smallest absolute Gasteiger partial charge is 0.217 e. The van der Waals surface area contributed by atoms with Gasteiger partial charge in [-0.1, -0.05) is 11.6 Å². The van der Waals surface area contributed by atoms with E-state index >= 15 is 0 Å². The van der Waals surface area contributed by atoms with E-state index in [0.717, 1.165) is 49.7 Å². The van der Waals surface area contributed by atoms with E-state index in [1.807, 2.05) is 24.3 Å². The molecule has 1 amide bonds. The van der Waals surface area contributed by atoms with E-state index in [-0.39, 0.29) is 5.91 Å². The van der Waals surface area contributed by atoms with Crippen LogP contribution in [-0.4, -0.2) is 43.1 Å². The molecule has 1 aliphatic rings. The molecule has 0 bridgehead atoms. The van der Waals surface area contributed by atoms with Crippen LogP contribution in [0.1, 0.15) is 26.2 Å². The van der Waals surface area contributed by atoms with Gasteiger partial charge in [-0.3, -0.25) is 4.79 Å². The lowest BCUT2D eigenvalue weighted by Crippen LogP contribution is -2.44. The van der Waals surface area contributed by atoms with Gasteiger partial charge in [-0.15, -0.1) is 0 Å². The normalized spacial score (nSPS) is 16.7. The fraction of sp³-hybridized carbons (Fsp3) is 0.562. The Balaban J connectivity index is 1.57. The molecule has 0 radical (unpaired) electrons. The Labute approximate surface area is 131 Å². The van der Waals surface area contributed by atoms with Gasteiger partial charge in [-0.25, -0.2) is 0 Å². The SMILES string of the molecule is CC(=O)NC1CCN(CCCOc2ccc(Cl)cc2)CC1. The maximum atomic E-state index is 11.0. The monoisotopic (exact) mass is 310 g/mol. The molecule has 1 heterocycles. The lowest BCUT2D eigenvalue weighted by atomic mass is 10.0. The zero-order valence-corrected chi connectivity index (χ0v) is 13.2. The molecule has 0 aliphatic carbocycles. The van der Waals surface area contributed by atoms with Crippen molar-refractivity contribution in [2.75, 3.05) is 26.2 Å². The predicted molar refractivity (Wildman–Crippen MR) is 84.8 cm³/mol. The summed E-state index contributed by atoms with van der Waals surface area (Å²) in [5.41, 5.74) is 0. The van der Waals surface area contributed by atoms with Crippen LogP contribution in [0, 0.1) is 0 Å². The van der Waals surface area contributed by atoms with E-state index in [1.165, 1.54) is 0 Å². The summed E-state index contributed by atoms with van der Waals surface area (Å²) in [6.45, 7) is 5.44. The fourth-order valence-electron chi connectivity index (χ4n) is 2.60. The molecule has 1 aromatic rings. The van der Waals surface area contributed by atoms with Crippen LogP contribution < -0.4 is 10.1 Å². The number of likely N-dealkylation sites (tertiary alicyclic amines) is 1. The van der Waals surface area contributed by atoms with Crippen LogP contribution in [-0.2, 0) is 4.79 Å². The minimum absolute atomic E-state index is 0.0739. The van der Waals surface area contributed by atoms with Crippen molar-refractivity contribution >= 4 is 17.5 Å². The Bertz CT molecular complexity index is 442. The Hall–Kier alpha value is -1.26. The number of piperidine rings is 1. The van der Waals surface area contributed by atoms with Crippen LogP contribution in [0.15, 0.2) is 24.3 Å². The average Bonchev–Trinajstić information content (AvgIpc) is 2.46. The van der Waals surface area contributed by atoms with Gasteiger partial charge in [0.1, 0.15) is 5.75 Å². The first-order valence-electron chi connectivity index (χ1n) is 7.51. The molecule has 116 valence electrons. The van der Waals surface area contributed by atoms with E-state index in [9.17, 15) is 4.79 Å². The van der Waals surface area contributed by atoms with Crippen molar-refractivity contribution in [2.24, 2.45) is 0 Å². The van der Waals surface area contributed by atoms with Crippen molar-refractivity contribution in [2.45, 2.75) is 32.2 Å². The van der Waals surface area contributed by atoms with Gasteiger partial charge in [-0.2, -0.15) is 0 Å². The highest BCUT2D eigenvalue weighted by molar-refractivity contribution is 6.30. The van der Waals surface area contributed by atoms with E-state index in [1.54, 1.807) is 6.92 Å². The first kappa shape index (κ1) is 16.1. The number of hydrogen-bond acceptors (Lipinski definition) is 3. The Kier molecular flexibility index (Phi) is 6.33. The molecule has 0 unspecified atom stereocenters. The summed E-state index contributed by atoms with van der Waals surface area (Å²) in [5.74, 6) is 0.939. The van der Waals surface area contributed by atoms with Crippen LogP contribution in [0.3, 0.4) is 0 Å². The second kappa shape index (κ2) is 8.25. The summed E-state index contributed by atoms with van der Waals surface area (Å²) in [6, 6.07) is 7.81. The van der Waals surface area contributed by atoms with Gasteiger partial charge in [0, 0.05) is 37.6 Å². The van der Waals surface area contributed by atoms with Crippen LogP contribution in [0.25, 0.3) is 0 Å². The number of carbonyl (C=O) groups is 1. The number of ether oxygens (including phenoxy) is 1. The second-order valence-corrected chi connectivity index (χ2v) is 5.91. The molecule has 4 nitrogen and oxygen atoms in total. The summed E-state index contributed by atoms with van der Waals surface area (Å²) >= 11 is 5.83. The van der Waals surface area contributed by atoms with Gasteiger partial charge in [0.05, 0.1) is 6.61 Å². The number of rotatable bonds is 6. The standard InChI is InChI=1S/C16H23ClN2O2/c1-13(20)18-15-7-10-19(11-8-15)9-2-12-21-16-5-3-14(17)4-6-16/h3-6,15H,2,7-12H2,1H3,(H,18,20). The molecule has 0 aromatic heterocycles. The van der Waals surface area contributed by atoms with Crippen LogP contribution in [0.5, 0.6) is 5.75 Å². The van der Waals surface area contributed by atoms with Gasteiger partial charge in [0.2, 0.25) is 5.91 Å². The maximum absolute atomic E-state index is 11.0. The number of nitrogens with zero attached hydrogens (tertiary/aromatic N) is 1. The number of hydrogen-bond donors (Lipinski definition) is 1. The molecule has 2 rings (SSSR count). The van der Waals surface area contributed by atoms with E-state index in [4.69, 9.17) is 16.3 Å². The van der Waals surface area contributed by atoms with Crippen molar-refractivity contribution < 1.29 is 9.53 Å². The molecule has 0 saturated carbocycles. The van der Waals surface area contributed by atoms with Crippen LogP contribution in [0.4, 0.5) is 0 Å². The summed E-state index contributed by atoms with van der Waals surface area (Å²) in [7, 11) is 0. The van der Waals surface area contributed by atoms with Crippen LogP contribution in [0.2, 0.25) is 5.02 Å². The molecular formula is C16H23ClN2O2. The highest BCUT2D eigenvalue weighted by Gasteiger charge is 2.18. The quantitative estimate of drug-likeness (QED) is 0.821. The van der Waals surface area contributed by atoms with E-state index in [2.05, 4.69) is 10.2 Å². The number of halogens is 1. The molecule has 21 heavy (non-hydrogen) atoms. The highest BCUT2D eigenvalue weighted by atomic mass is 35.5. The van der Waals surface area contributed by atoms with Gasteiger partial charge >= 0.3 is 0 Å². The van der Waals surface area contributed by atoms with E-state index < -0.39 is 0 Å². The third kappa shape index (κ3) is 5.94. The molecule has 1 N–H and O–H groups in total. The lowest BCUT2D eigenvalue weighted by molar-refractivity contribution is -0.119. The number of carbonyl (C=O) groups excluding carboxylic acids is 1. The molecule has 1 saturated heterocycles. The third-order valence-electron chi connectivity index (χ3n) is 3.70. The summed E-state index contributed by atoms with van der Waals surface area (Å²) in [4.78, 5) is 13.4. The van der Waals surface area contributed by atoms with Crippen molar-refractivity contribution in [3.8, 4) is 5.75 Å². The van der Waals surface area contributed by atoms with Gasteiger partial charge in [-0.05, 0) is 43.5 Å². The third-order valence-corrected chi connectivity index (χ3v) is 3.95. The van der Waals surface area contributed by atoms with Gasteiger partial charge in [0.15, 0.2) is 0 Å². The molecule has 0 spiro atoms. The topological polar surface area (TPSA) is 41.6 Å². The van der Waals surface area contributed by atoms with E-state index in [0.29, 0.717) is 12.6 Å². The zero-order valence-electron chi connectivity index (χ0n) is 12.5. The second-order valence-electron chi connectivity index (χ2n) is 5.47. The minimum atomic E-state index is 0.0739. The van der Waals surface area contributed by atoms with Gasteiger partial charge in [0.25, 0.3) is 0 Å². The average molecular weight is 311 g/mol. The molecule has 0 atom stereocenters. The maximum Gasteiger partial charge on any atom is 0.217 e. The highest BCUT2D eigenvalue weighted by Crippen LogP contribution is 2.16. The van der Waals surface area contributed by atoms with Crippen molar-refractivity contribution in [3.63, 3.8) is 0 Å².